The first-order valence-electron chi connectivity index (χ1n) is 13.8. The van der Waals surface area contributed by atoms with Gasteiger partial charge in [0, 0.05) is 33.3 Å². The molecule has 0 saturated carbocycles. The Hall–Kier alpha value is -5.75. The van der Waals surface area contributed by atoms with Gasteiger partial charge in [-0.15, -0.1) is 0 Å². The second kappa shape index (κ2) is 9.42. The quantitative estimate of drug-likeness (QED) is 0.223. The Kier molecular flexibility index (Phi) is 5.40. The summed E-state index contributed by atoms with van der Waals surface area (Å²) in [5.74, 6) is 0.636. The van der Waals surface area contributed by atoms with Crippen molar-refractivity contribution in [2.24, 2.45) is 0 Å². The maximum atomic E-state index is 12.1. The molecular formula is C36H24N4O2. The van der Waals surface area contributed by atoms with Crippen LogP contribution in [-0.2, 0) is 4.74 Å². The highest BCUT2D eigenvalue weighted by molar-refractivity contribution is 6.10. The lowest BCUT2D eigenvalue weighted by Gasteiger charge is -2.12. The zero-order chi connectivity index (χ0) is 28.2. The normalized spacial score (nSPS) is 11.5. The number of carbonyl (C=O) groups excluding carboxylic acids is 1. The van der Waals surface area contributed by atoms with Gasteiger partial charge in [0.05, 0.1) is 34.9 Å². The van der Waals surface area contributed by atoms with Crippen LogP contribution in [0.3, 0.4) is 0 Å². The summed E-state index contributed by atoms with van der Waals surface area (Å²) in [4.78, 5) is 22.4. The fourth-order valence-electron chi connectivity index (χ4n) is 5.93. The molecule has 6 heteroatoms. The van der Waals surface area contributed by atoms with Crippen molar-refractivity contribution in [2.45, 2.75) is 0 Å². The van der Waals surface area contributed by atoms with Crippen LogP contribution in [0.1, 0.15) is 0 Å². The van der Waals surface area contributed by atoms with Crippen LogP contribution in [0.2, 0.25) is 0 Å². The summed E-state index contributed by atoms with van der Waals surface area (Å²) in [6, 6.07) is 41.4. The molecule has 0 atom stereocenters. The zero-order valence-electron chi connectivity index (χ0n) is 22.7. The third-order valence-corrected chi connectivity index (χ3v) is 7.91. The molecule has 0 bridgehead atoms. The van der Waals surface area contributed by atoms with Crippen molar-refractivity contribution in [3.8, 4) is 28.3 Å². The van der Waals surface area contributed by atoms with Gasteiger partial charge in [0.2, 0.25) is 5.95 Å². The Bertz CT molecular complexity index is 2320. The minimum atomic E-state index is -0.404. The molecule has 0 N–H and O–H groups in total. The molecule has 42 heavy (non-hydrogen) atoms. The maximum Gasteiger partial charge on any atom is 0.418 e. The van der Waals surface area contributed by atoms with Gasteiger partial charge in [0.25, 0.3) is 0 Å². The van der Waals surface area contributed by atoms with Gasteiger partial charge in [-0.05, 0) is 53.6 Å². The number of para-hydroxylation sites is 2. The molecule has 0 saturated heterocycles. The van der Waals surface area contributed by atoms with Gasteiger partial charge < -0.3 is 4.74 Å². The number of aromatic nitrogens is 4. The number of methoxy groups -OCH3 is 1. The van der Waals surface area contributed by atoms with Gasteiger partial charge in [-0.25, -0.2) is 14.8 Å². The molecule has 6 nitrogen and oxygen atoms in total. The lowest BCUT2D eigenvalue weighted by molar-refractivity contribution is 0.174. The van der Waals surface area contributed by atoms with Crippen LogP contribution in [-0.4, -0.2) is 32.3 Å². The summed E-state index contributed by atoms with van der Waals surface area (Å²) < 4.78 is 8.59. The Morgan fingerprint density at radius 3 is 2.14 bits per heavy atom. The van der Waals surface area contributed by atoms with E-state index in [0.29, 0.717) is 5.95 Å². The highest BCUT2D eigenvalue weighted by Crippen LogP contribution is 2.36. The molecule has 200 valence electrons. The molecule has 0 unspecified atom stereocenters. The van der Waals surface area contributed by atoms with E-state index < -0.39 is 6.09 Å². The number of hydrogen-bond donors (Lipinski definition) is 0. The SMILES string of the molecule is COC(=O)n1ccc2cc(-c3ccc4c(c3)c3ccccc3n4-c3nc(-c4ccccc4)c4ccccc4n3)ccc21. The number of hydrogen-bond acceptors (Lipinski definition) is 4. The van der Waals surface area contributed by atoms with Crippen LogP contribution >= 0.6 is 0 Å². The van der Waals surface area contributed by atoms with E-state index in [1.54, 1.807) is 6.20 Å². The Morgan fingerprint density at radius 2 is 1.31 bits per heavy atom. The number of fused-ring (bicyclic) bond motifs is 5. The second-order valence-corrected chi connectivity index (χ2v) is 10.3. The van der Waals surface area contributed by atoms with Crippen LogP contribution in [0.4, 0.5) is 4.79 Å². The van der Waals surface area contributed by atoms with Gasteiger partial charge in [-0.3, -0.25) is 9.13 Å². The van der Waals surface area contributed by atoms with Gasteiger partial charge in [0.1, 0.15) is 0 Å². The minimum absolute atomic E-state index is 0.404. The lowest BCUT2D eigenvalue weighted by atomic mass is 10.0. The Morgan fingerprint density at radius 1 is 0.619 bits per heavy atom. The van der Waals surface area contributed by atoms with Crippen LogP contribution in [0, 0.1) is 0 Å². The van der Waals surface area contributed by atoms with Crippen LogP contribution in [0.15, 0.2) is 128 Å². The largest absolute Gasteiger partial charge is 0.452 e. The number of benzene rings is 5. The molecule has 0 radical (unpaired) electrons. The average Bonchev–Trinajstić information content (AvgIpc) is 3.63. The topological polar surface area (TPSA) is 61.9 Å². The van der Waals surface area contributed by atoms with Crippen molar-refractivity contribution in [3.63, 3.8) is 0 Å². The summed E-state index contributed by atoms with van der Waals surface area (Å²) in [6.45, 7) is 0. The van der Waals surface area contributed by atoms with Crippen molar-refractivity contribution in [1.29, 1.82) is 0 Å². The van der Waals surface area contributed by atoms with Crippen molar-refractivity contribution in [2.75, 3.05) is 7.11 Å². The number of nitrogens with zero attached hydrogens (tertiary/aromatic N) is 4. The molecule has 0 fully saturated rings. The van der Waals surface area contributed by atoms with E-state index in [2.05, 4.69) is 71.3 Å². The second-order valence-electron chi connectivity index (χ2n) is 10.3. The highest BCUT2D eigenvalue weighted by Gasteiger charge is 2.18. The number of ether oxygens (including phenoxy) is 1. The molecular weight excluding hydrogens is 520 g/mol. The van der Waals surface area contributed by atoms with E-state index in [9.17, 15) is 4.79 Å². The first-order chi connectivity index (χ1) is 20.7. The van der Waals surface area contributed by atoms with Crippen LogP contribution < -0.4 is 0 Å². The van der Waals surface area contributed by atoms with Gasteiger partial charge >= 0.3 is 6.09 Å². The molecule has 8 rings (SSSR count). The van der Waals surface area contributed by atoms with E-state index in [1.807, 2.05) is 54.6 Å². The molecule has 5 aromatic carbocycles. The summed E-state index contributed by atoms with van der Waals surface area (Å²) in [7, 11) is 1.39. The predicted octanol–water partition coefficient (Wildman–Crippen LogP) is 8.63. The summed E-state index contributed by atoms with van der Waals surface area (Å²) in [6.07, 6.45) is 1.34. The molecule has 0 aliphatic heterocycles. The molecule has 0 aliphatic rings. The highest BCUT2D eigenvalue weighted by atomic mass is 16.5. The number of carbonyl (C=O) groups is 1. The van der Waals surface area contributed by atoms with Gasteiger partial charge in [0.15, 0.2) is 0 Å². The maximum absolute atomic E-state index is 12.1. The lowest BCUT2D eigenvalue weighted by Crippen LogP contribution is -2.09. The van der Waals surface area contributed by atoms with E-state index in [4.69, 9.17) is 14.7 Å². The zero-order valence-corrected chi connectivity index (χ0v) is 22.7. The Balaban J connectivity index is 1.34. The summed E-state index contributed by atoms with van der Waals surface area (Å²) in [5.41, 5.74) is 7.90. The first kappa shape index (κ1) is 24.1. The molecule has 3 heterocycles. The van der Waals surface area contributed by atoms with E-state index in [1.165, 1.54) is 11.7 Å². The fraction of sp³-hybridized carbons (Fsp3) is 0.0278. The molecule has 0 spiro atoms. The molecule has 3 aromatic heterocycles. The van der Waals surface area contributed by atoms with Crippen LogP contribution in [0.5, 0.6) is 0 Å². The third kappa shape index (κ3) is 3.69. The Labute approximate surface area is 241 Å². The predicted molar refractivity (Wildman–Crippen MR) is 168 cm³/mol. The monoisotopic (exact) mass is 544 g/mol. The van der Waals surface area contributed by atoms with Gasteiger partial charge in [-0.1, -0.05) is 78.9 Å². The van der Waals surface area contributed by atoms with Gasteiger partial charge in [-0.2, -0.15) is 0 Å². The summed E-state index contributed by atoms with van der Waals surface area (Å²) >= 11 is 0. The average molecular weight is 545 g/mol. The van der Waals surface area contributed by atoms with Crippen LogP contribution in [0.25, 0.3) is 71.9 Å². The first-order valence-corrected chi connectivity index (χ1v) is 13.8. The van der Waals surface area contributed by atoms with Crippen molar-refractivity contribution in [1.82, 2.24) is 19.1 Å². The van der Waals surface area contributed by atoms with Crippen molar-refractivity contribution < 1.29 is 9.53 Å². The number of rotatable bonds is 3. The van der Waals surface area contributed by atoms with E-state index >= 15 is 0 Å². The standard InChI is InChI=1S/C36H24N4O2/c1-42-36(41)39-20-19-26-21-24(15-17-31(26)39)25-16-18-33-29(22-25)27-11-6-8-14-32(27)40(33)35-37-30-13-7-5-12-28(30)34(38-35)23-9-3-2-4-10-23/h2-22H,1H3. The van der Waals surface area contributed by atoms with E-state index in [0.717, 1.165) is 66.0 Å². The smallest absolute Gasteiger partial charge is 0.418 e. The van der Waals surface area contributed by atoms with Crippen molar-refractivity contribution >= 4 is 49.7 Å². The molecule has 0 aliphatic carbocycles. The van der Waals surface area contributed by atoms with Crippen molar-refractivity contribution in [3.05, 3.63) is 128 Å². The van der Waals surface area contributed by atoms with E-state index in [-0.39, 0.29) is 0 Å². The molecule has 0 amide bonds. The molecule has 8 aromatic rings. The third-order valence-electron chi connectivity index (χ3n) is 7.91. The minimum Gasteiger partial charge on any atom is -0.452 e. The summed E-state index contributed by atoms with van der Waals surface area (Å²) in [5, 5.41) is 4.24. The fourth-order valence-corrected chi connectivity index (χ4v) is 5.93.